The number of likely N-dealkylation sites (tertiary alicyclic amines) is 1. The molecule has 34 heavy (non-hydrogen) atoms. The third-order valence-electron chi connectivity index (χ3n) is 6.18. The zero-order valence-electron chi connectivity index (χ0n) is 20.5. The summed E-state index contributed by atoms with van der Waals surface area (Å²) >= 11 is 0. The van der Waals surface area contributed by atoms with E-state index in [2.05, 4.69) is 20.8 Å². The number of methoxy groups -OCH3 is 1. The molecule has 0 bridgehead atoms. The molecule has 0 unspecified atom stereocenters. The number of amides is 1. The highest BCUT2D eigenvalue weighted by atomic mass is 16.5. The number of aromatic nitrogens is 3. The molecular weight excluding hydrogens is 432 g/mol. The van der Waals surface area contributed by atoms with Crippen molar-refractivity contribution >= 4 is 17.5 Å². The van der Waals surface area contributed by atoms with Gasteiger partial charge in [-0.15, -0.1) is 0 Å². The molecule has 1 amide bonds. The summed E-state index contributed by atoms with van der Waals surface area (Å²) < 4.78 is 12.2. The maximum atomic E-state index is 13.7. The second-order valence-corrected chi connectivity index (χ2v) is 9.63. The van der Waals surface area contributed by atoms with Gasteiger partial charge in [0.1, 0.15) is 11.4 Å². The summed E-state index contributed by atoms with van der Waals surface area (Å²) in [5, 5.41) is 4.74. The first kappa shape index (κ1) is 23.7. The second kappa shape index (κ2) is 9.44. The quantitative estimate of drug-likeness (QED) is 0.528. The Morgan fingerprint density at radius 2 is 1.85 bits per heavy atom. The van der Waals surface area contributed by atoms with Crippen LogP contribution in [0.1, 0.15) is 56.7 Å². The number of esters is 1. The number of benzene rings is 1. The Morgan fingerprint density at radius 1 is 1.12 bits per heavy atom. The summed E-state index contributed by atoms with van der Waals surface area (Å²) in [4.78, 5) is 32.4. The van der Waals surface area contributed by atoms with Crippen molar-refractivity contribution in [2.24, 2.45) is 5.92 Å². The predicted octanol–water partition coefficient (Wildman–Crippen LogP) is 4.12. The van der Waals surface area contributed by atoms with Crippen molar-refractivity contribution in [3.8, 4) is 17.0 Å². The summed E-state index contributed by atoms with van der Waals surface area (Å²) in [6.45, 7) is 9.41. The Morgan fingerprint density at radius 3 is 2.50 bits per heavy atom. The Bertz CT molecular complexity index is 1200. The number of fused-ring (bicyclic) bond motifs is 1. The van der Waals surface area contributed by atoms with Crippen LogP contribution < -0.4 is 4.74 Å². The van der Waals surface area contributed by atoms with Crippen molar-refractivity contribution in [1.29, 1.82) is 0 Å². The minimum absolute atomic E-state index is 0.123. The highest BCUT2D eigenvalue weighted by Gasteiger charge is 2.30. The van der Waals surface area contributed by atoms with E-state index in [1.807, 2.05) is 30.3 Å². The summed E-state index contributed by atoms with van der Waals surface area (Å²) in [5.74, 6) is 0.258. The maximum absolute atomic E-state index is 13.7. The molecule has 3 aromatic rings. The van der Waals surface area contributed by atoms with Gasteiger partial charge in [0.25, 0.3) is 5.91 Å². The van der Waals surface area contributed by atoms with Crippen molar-refractivity contribution in [2.75, 3.05) is 26.8 Å². The van der Waals surface area contributed by atoms with Crippen molar-refractivity contribution in [2.45, 2.75) is 46.0 Å². The summed E-state index contributed by atoms with van der Waals surface area (Å²) in [6.07, 6.45) is 1.18. The third-order valence-corrected chi connectivity index (χ3v) is 6.18. The van der Waals surface area contributed by atoms with Crippen LogP contribution in [0.4, 0.5) is 0 Å². The average molecular weight is 465 g/mol. The number of carbonyl (C=O) groups is 2. The number of rotatable bonds is 5. The molecule has 0 aliphatic carbocycles. The number of hydrogen-bond donors (Lipinski definition) is 0. The predicted molar refractivity (Wildman–Crippen MR) is 129 cm³/mol. The molecule has 0 spiro atoms. The van der Waals surface area contributed by atoms with Crippen LogP contribution in [0, 0.1) is 5.92 Å². The molecule has 1 aromatic carbocycles. The van der Waals surface area contributed by atoms with Gasteiger partial charge < -0.3 is 14.4 Å². The fraction of sp³-hybridized carbons (Fsp3) is 0.462. The van der Waals surface area contributed by atoms with Crippen LogP contribution in [0.5, 0.6) is 5.75 Å². The van der Waals surface area contributed by atoms with Crippen LogP contribution in [0.2, 0.25) is 0 Å². The normalized spacial score (nSPS) is 14.9. The second-order valence-electron chi connectivity index (χ2n) is 9.63. The van der Waals surface area contributed by atoms with Gasteiger partial charge in [-0.3, -0.25) is 9.59 Å². The van der Waals surface area contributed by atoms with Crippen molar-refractivity contribution in [1.82, 2.24) is 19.5 Å². The highest BCUT2D eigenvalue weighted by molar-refractivity contribution is 5.94. The van der Waals surface area contributed by atoms with E-state index in [1.54, 1.807) is 29.5 Å². The summed E-state index contributed by atoms with van der Waals surface area (Å²) in [5.41, 5.74) is 3.27. The van der Waals surface area contributed by atoms with Gasteiger partial charge in [0.05, 0.1) is 31.0 Å². The first-order chi connectivity index (χ1) is 16.2. The van der Waals surface area contributed by atoms with Crippen molar-refractivity contribution in [3.63, 3.8) is 0 Å². The largest absolute Gasteiger partial charge is 0.497 e. The van der Waals surface area contributed by atoms with Crippen molar-refractivity contribution < 1.29 is 19.1 Å². The molecule has 180 valence electrons. The van der Waals surface area contributed by atoms with E-state index in [-0.39, 0.29) is 23.2 Å². The number of nitrogens with zero attached hydrogens (tertiary/aromatic N) is 4. The Kier molecular flexibility index (Phi) is 6.59. The van der Waals surface area contributed by atoms with Gasteiger partial charge in [-0.2, -0.15) is 5.10 Å². The molecule has 0 radical (unpaired) electrons. The smallest absolute Gasteiger partial charge is 0.309 e. The molecule has 3 heterocycles. The Hall–Kier alpha value is -3.42. The molecule has 1 aliphatic rings. The molecular formula is C26H32N4O4. The van der Waals surface area contributed by atoms with E-state index in [9.17, 15) is 9.59 Å². The van der Waals surface area contributed by atoms with Gasteiger partial charge in [0, 0.05) is 30.1 Å². The van der Waals surface area contributed by atoms with Gasteiger partial charge in [-0.25, -0.2) is 9.50 Å². The van der Waals surface area contributed by atoms with E-state index < -0.39 is 0 Å². The monoisotopic (exact) mass is 464 g/mol. The standard InChI is InChI=1S/C26H32N4O4/c1-6-34-25(32)17-10-12-29(13-11-17)24(31)21-15-20(18-8-7-9-19(14-18)33-5)27-23-16-22(26(2,3)4)28-30(21)23/h7-9,14-17H,6,10-13H2,1-5H3. The zero-order valence-corrected chi connectivity index (χ0v) is 20.5. The molecule has 0 atom stereocenters. The molecule has 8 heteroatoms. The van der Waals surface area contributed by atoms with E-state index in [0.717, 1.165) is 17.0 Å². The SMILES string of the molecule is CCOC(=O)C1CCN(C(=O)c2cc(-c3cccc(OC)c3)nc3cc(C(C)(C)C)nn23)CC1. The topological polar surface area (TPSA) is 86.0 Å². The first-order valence-electron chi connectivity index (χ1n) is 11.7. The summed E-state index contributed by atoms with van der Waals surface area (Å²) in [6, 6.07) is 11.4. The third kappa shape index (κ3) is 4.76. The van der Waals surface area contributed by atoms with Crippen LogP contribution in [0.15, 0.2) is 36.4 Å². The van der Waals surface area contributed by atoms with Crippen LogP contribution >= 0.6 is 0 Å². The number of piperidine rings is 1. The number of hydrogen-bond acceptors (Lipinski definition) is 6. The molecule has 1 fully saturated rings. The lowest BCUT2D eigenvalue weighted by molar-refractivity contribution is -0.149. The van der Waals surface area contributed by atoms with E-state index >= 15 is 0 Å². The average Bonchev–Trinajstić information content (AvgIpc) is 3.28. The van der Waals surface area contributed by atoms with E-state index in [4.69, 9.17) is 19.6 Å². The van der Waals surface area contributed by atoms with Crippen LogP contribution in [-0.2, 0) is 14.9 Å². The van der Waals surface area contributed by atoms with Crippen LogP contribution in [0.3, 0.4) is 0 Å². The van der Waals surface area contributed by atoms with Gasteiger partial charge >= 0.3 is 5.97 Å². The fourth-order valence-corrected chi connectivity index (χ4v) is 4.16. The lowest BCUT2D eigenvalue weighted by atomic mass is 9.93. The lowest BCUT2D eigenvalue weighted by Crippen LogP contribution is -2.41. The molecule has 1 aliphatic heterocycles. The Balaban J connectivity index is 1.72. The molecule has 1 saturated heterocycles. The minimum atomic E-state index is -0.192. The number of ether oxygens (including phenoxy) is 2. The maximum Gasteiger partial charge on any atom is 0.309 e. The first-order valence-corrected chi connectivity index (χ1v) is 11.7. The molecule has 0 N–H and O–H groups in total. The summed E-state index contributed by atoms with van der Waals surface area (Å²) in [7, 11) is 1.62. The van der Waals surface area contributed by atoms with Crippen molar-refractivity contribution in [3.05, 3.63) is 47.8 Å². The van der Waals surface area contributed by atoms with Crippen LogP contribution in [0.25, 0.3) is 16.9 Å². The highest BCUT2D eigenvalue weighted by Crippen LogP contribution is 2.28. The lowest BCUT2D eigenvalue weighted by Gasteiger charge is -2.31. The molecule has 8 nitrogen and oxygen atoms in total. The van der Waals surface area contributed by atoms with Gasteiger partial charge in [-0.1, -0.05) is 32.9 Å². The van der Waals surface area contributed by atoms with Crippen LogP contribution in [-0.4, -0.2) is 58.2 Å². The van der Waals surface area contributed by atoms with Gasteiger partial charge in [0.2, 0.25) is 0 Å². The molecule has 4 rings (SSSR count). The Labute approximate surface area is 199 Å². The molecule has 2 aromatic heterocycles. The molecule has 0 saturated carbocycles. The number of carbonyl (C=O) groups excluding carboxylic acids is 2. The van der Waals surface area contributed by atoms with E-state index in [0.29, 0.717) is 49.6 Å². The van der Waals surface area contributed by atoms with Gasteiger partial charge in [0.15, 0.2) is 5.65 Å². The minimum Gasteiger partial charge on any atom is -0.497 e. The van der Waals surface area contributed by atoms with Gasteiger partial charge in [-0.05, 0) is 38.0 Å². The zero-order chi connectivity index (χ0) is 24.5. The van der Waals surface area contributed by atoms with E-state index in [1.165, 1.54) is 0 Å². The fourth-order valence-electron chi connectivity index (χ4n) is 4.16.